The Morgan fingerprint density at radius 3 is 2.67 bits per heavy atom. The van der Waals surface area contributed by atoms with E-state index in [1.54, 1.807) is 19.2 Å². The maximum absolute atomic E-state index is 12.3. The van der Waals surface area contributed by atoms with Gasteiger partial charge in [-0.25, -0.2) is 0 Å². The van der Waals surface area contributed by atoms with Crippen molar-refractivity contribution in [2.75, 3.05) is 18.0 Å². The van der Waals surface area contributed by atoms with Crippen molar-refractivity contribution in [3.63, 3.8) is 0 Å². The molecular weight excluding hydrogens is 304 g/mol. The van der Waals surface area contributed by atoms with Gasteiger partial charge in [-0.15, -0.1) is 0 Å². The first-order chi connectivity index (χ1) is 11.5. The summed E-state index contributed by atoms with van der Waals surface area (Å²) in [5, 5.41) is 20.1. The van der Waals surface area contributed by atoms with Gasteiger partial charge in [0.05, 0.1) is 29.2 Å². The van der Waals surface area contributed by atoms with Crippen molar-refractivity contribution in [1.29, 1.82) is 5.26 Å². The fourth-order valence-corrected chi connectivity index (χ4v) is 3.74. The molecule has 2 aromatic heterocycles. The molecule has 2 aromatic rings. The molecule has 1 saturated carbocycles. The number of H-pyrrole nitrogens is 1. The van der Waals surface area contributed by atoms with Crippen LogP contribution in [-0.2, 0) is 0 Å². The maximum atomic E-state index is 12.3. The smallest absolute Gasteiger partial charge is 0.268 e. The van der Waals surface area contributed by atoms with Crippen molar-refractivity contribution in [1.82, 2.24) is 9.97 Å². The highest BCUT2D eigenvalue weighted by Gasteiger charge is 2.44. The molecule has 24 heavy (non-hydrogen) atoms. The third kappa shape index (κ3) is 2.36. The summed E-state index contributed by atoms with van der Waals surface area (Å²) in [6, 6.07) is 3.86. The van der Waals surface area contributed by atoms with Crippen molar-refractivity contribution in [3.8, 4) is 6.07 Å². The number of hydrogen-bond donors (Lipinski definition) is 2. The van der Waals surface area contributed by atoms with E-state index in [-0.39, 0.29) is 11.1 Å². The van der Waals surface area contributed by atoms with Crippen molar-refractivity contribution in [2.45, 2.75) is 38.7 Å². The molecule has 6 nitrogen and oxygen atoms in total. The molecule has 0 radical (unpaired) electrons. The predicted molar refractivity (Wildman–Crippen MR) is 90.8 cm³/mol. The van der Waals surface area contributed by atoms with Crippen LogP contribution in [0.15, 0.2) is 17.1 Å². The highest BCUT2D eigenvalue weighted by molar-refractivity contribution is 5.94. The molecule has 6 heteroatoms. The number of pyridine rings is 2. The van der Waals surface area contributed by atoms with E-state index in [4.69, 9.17) is 0 Å². The summed E-state index contributed by atoms with van der Waals surface area (Å²) >= 11 is 0. The molecule has 1 aliphatic carbocycles. The molecule has 2 fully saturated rings. The zero-order chi connectivity index (χ0) is 16.9. The normalized spacial score (nSPS) is 20.1. The van der Waals surface area contributed by atoms with Crippen LogP contribution in [0.5, 0.6) is 0 Å². The van der Waals surface area contributed by atoms with Gasteiger partial charge in [0, 0.05) is 18.5 Å². The van der Waals surface area contributed by atoms with Gasteiger partial charge in [-0.1, -0.05) is 0 Å². The standard InChI is InChI=1S/C18H20N4O2/c1-11(23)14-8-12-15(10-20-14)21-17(24)13(9-19)16(12)22-6-4-18(2-3-18)5-7-22/h8,10-11,23H,2-7H2,1H3,(H,21,24). The van der Waals surface area contributed by atoms with Gasteiger partial charge in [0.25, 0.3) is 5.56 Å². The Labute approximate surface area is 139 Å². The highest BCUT2D eigenvalue weighted by Crippen LogP contribution is 2.54. The molecule has 1 spiro atoms. The number of hydrogen-bond acceptors (Lipinski definition) is 5. The second-order valence-electron chi connectivity index (χ2n) is 7.11. The molecule has 2 N–H and O–H groups in total. The number of rotatable bonds is 2. The topological polar surface area (TPSA) is 93.0 Å². The quantitative estimate of drug-likeness (QED) is 0.883. The zero-order valence-corrected chi connectivity index (χ0v) is 13.7. The minimum atomic E-state index is -0.698. The minimum Gasteiger partial charge on any atom is -0.387 e. The van der Waals surface area contributed by atoms with Crippen molar-refractivity contribution < 1.29 is 5.11 Å². The average molecular weight is 324 g/mol. The van der Waals surface area contributed by atoms with Crippen molar-refractivity contribution in [3.05, 3.63) is 33.9 Å². The fraction of sp³-hybridized carbons (Fsp3) is 0.500. The van der Waals surface area contributed by atoms with E-state index in [1.165, 1.54) is 12.8 Å². The highest BCUT2D eigenvalue weighted by atomic mass is 16.3. The van der Waals surface area contributed by atoms with Crippen LogP contribution in [0.1, 0.15) is 50.0 Å². The van der Waals surface area contributed by atoms with Crippen LogP contribution < -0.4 is 10.5 Å². The number of nitrogens with one attached hydrogen (secondary N) is 1. The summed E-state index contributed by atoms with van der Waals surface area (Å²) in [6.45, 7) is 3.38. The molecule has 3 heterocycles. The van der Waals surface area contributed by atoms with Gasteiger partial charge in [-0.2, -0.15) is 5.26 Å². The summed E-state index contributed by atoms with van der Waals surface area (Å²) in [5.74, 6) is 0. The molecule has 1 atom stereocenters. The third-order valence-corrected chi connectivity index (χ3v) is 5.53. The predicted octanol–water partition coefficient (Wildman–Crippen LogP) is 2.23. The van der Waals surface area contributed by atoms with E-state index in [2.05, 4.69) is 20.9 Å². The molecule has 1 aliphatic heterocycles. The van der Waals surface area contributed by atoms with E-state index in [0.29, 0.717) is 22.3 Å². The molecular formula is C18H20N4O2. The van der Waals surface area contributed by atoms with E-state index < -0.39 is 6.10 Å². The SMILES string of the molecule is CC(O)c1cc2c(N3CCC4(CC3)CC4)c(C#N)c(=O)[nH]c2cn1. The number of aliphatic hydroxyl groups excluding tert-OH is 1. The molecule has 1 saturated heterocycles. The van der Waals surface area contributed by atoms with Crippen molar-refractivity contribution in [2.24, 2.45) is 5.41 Å². The van der Waals surface area contributed by atoms with Gasteiger partial charge in [-0.05, 0) is 44.1 Å². The van der Waals surface area contributed by atoms with Crippen LogP contribution in [0, 0.1) is 16.7 Å². The third-order valence-electron chi connectivity index (χ3n) is 5.53. The lowest BCUT2D eigenvalue weighted by Gasteiger charge is -2.34. The van der Waals surface area contributed by atoms with E-state index in [1.807, 2.05) is 0 Å². The molecule has 2 aliphatic rings. The van der Waals surface area contributed by atoms with Crippen LogP contribution in [0.4, 0.5) is 5.69 Å². The van der Waals surface area contributed by atoms with Gasteiger partial charge in [0.1, 0.15) is 11.6 Å². The van der Waals surface area contributed by atoms with Gasteiger partial charge >= 0.3 is 0 Å². The lowest BCUT2D eigenvalue weighted by atomic mass is 9.92. The summed E-state index contributed by atoms with van der Waals surface area (Å²) in [6.07, 6.45) is 5.70. The molecule has 0 bridgehead atoms. The largest absolute Gasteiger partial charge is 0.387 e. The van der Waals surface area contributed by atoms with Crippen LogP contribution in [-0.4, -0.2) is 28.2 Å². The number of piperidine rings is 1. The summed E-state index contributed by atoms with van der Waals surface area (Å²) in [5.41, 5.74) is 2.12. The fourth-order valence-electron chi connectivity index (χ4n) is 3.74. The second-order valence-corrected chi connectivity index (χ2v) is 7.11. The van der Waals surface area contributed by atoms with Crippen molar-refractivity contribution >= 4 is 16.6 Å². The van der Waals surface area contributed by atoms with Gasteiger partial charge in [0.2, 0.25) is 0 Å². The van der Waals surface area contributed by atoms with Crippen LogP contribution >= 0.6 is 0 Å². The summed E-state index contributed by atoms with van der Waals surface area (Å²) < 4.78 is 0. The lowest BCUT2D eigenvalue weighted by Crippen LogP contribution is -2.36. The van der Waals surface area contributed by atoms with Gasteiger partial charge in [-0.3, -0.25) is 9.78 Å². The van der Waals surface area contributed by atoms with Crippen LogP contribution in [0.2, 0.25) is 0 Å². The summed E-state index contributed by atoms with van der Waals surface area (Å²) in [4.78, 5) is 21.4. The van der Waals surface area contributed by atoms with Gasteiger partial charge < -0.3 is 15.0 Å². The van der Waals surface area contributed by atoms with E-state index in [0.717, 1.165) is 31.3 Å². The molecule has 4 rings (SSSR count). The Kier molecular flexibility index (Phi) is 3.36. The lowest BCUT2D eigenvalue weighted by molar-refractivity contribution is 0.194. The molecule has 1 unspecified atom stereocenters. The Morgan fingerprint density at radius 2 is 2.08 bits per heavy atom. The van der Waals surface area contributed by atoms with Gasteiger partial charge in [0.15, 0.2) is 0 Å². The van der Waals surface area contributed by atoms with E-state index in [9.17, 15) is 15.2 Å². The molecule has 0 aromatic carbocycles. The number of aliphatic hydroxyl groups is 1. The first-order valence-corrected chi connectivity index (χ1v) is 8.42. The number of nitriles is 1. The van der Waals surface area contributed by atoms with E-state index >= 15 is 0 Å². The Balaban J connectivity index is 1.88. The number of aromatic nitrogens is 2. The summed E-state index contributed by atoms with van der Waals surface area (Å²) in [7, 11) is 0. The average Bonchev–Trinajstić information content (AvgIpc) is 3.33. The van der Waals surface area contributed by atoms with Crippen LogP contribution in [0.3, 0.4) is 0 Å². The number of anilines is 1. The van der Waals surface area contributed by atoms with Crippen LogP contribution in [0.25, 0.3) is 10.9 Å². The minimum absolute atomic E-state index is 0.150. The monoisotopic (exact) mass is 324 g/mol. The zero-order valence-electron chi connectivity index (χ0n) is 13.7. The second kappa shape index (κ2) is 5.32. The first-order valence-electron chi connectivity index (χ1n) is 8.42. The number of aromatic amines is 1. The molecule has 0 amide bonds. The first kappa shape index (κ1) is 15.2. The Hall–Kier alpha value is -2.39. The Bertz CT molecular complexity index is 896. The maximum Gasteiger partial charge on any atom is 0.268 e. The molecule has 124 valence electrons. The number of nitrogens with zero attached hydrogens (tertiary/aromatic N) is 3. The number of fused-ring (bicyclic) bond motifs is 1. The Morgan fingerprint density at radius 1 is 1.38 bits per heavy atom.